The molecule has 2 aliphatic heterocycles. The number of amides is 2. The first-order valence-corrected chi connectivity index (χ1v) is 9.67. The zero-order chi connectivity index (χ0) is 17.8. The summed E-state index contributed by atoms with van der Waals surface area (Å²) in [6.07, 6.45) is 3.98. The minimum atomic E-state index is -0.100. The van der Waals surface area contributed by atoms with Gasteiger partial charge in [0.2, 0.25) is 11.8 Å². The third-order valence-electron chi connectivity index (χ3n) is 5.47. The van der Waals surface area contributed by atoms with Crippen molar-refractivity contribution in [1.82, 2.24) is 9.80 Å². The van der Waals surface area contributed by atoms with Crippen LogP contribution in [0.4, 0.5) is 0 Å². The number of likely N-dealkylation sites (tertiary alicyclic amines) is 2. The van der Waals surface area contributed by atoms with Gasteiger partial charge in [0.05, 0.1) is 5.92 Å². The lowest BCUT2D eigenvalue weighted by molar-refractivity contribution is -0.137. The monoisotopic (exact) mass is 342 g/mol. The molecular formula is C21H30N2O2. The SMILES string of the molecule is CC(C)CC(=O)N1CC(C(=O)N2CCCCC2)C(c2ccccc2)C1. The second-order valence-corrected chi connectivity index (χ2v) is 7.91. The molecule has 2 unspecified atom stereocenters. The molecule has 0 radical (unpaired) electrons. The molecule has 136 valence electrons. The zero-order valence-electron chi connectivity index (χ0n) is 15.5. The smallest absolute Gasteiger partial charge is 0.228 e. The molecule has 2 atom stereocenters. The first kappa shape index (κ1) is 18.0. The van der Waals surface area contributed by atoms with Crippen molar-refractivity contribution < 1.29 is 9.59 Å². The first-order valence-electron chi connectivity index (χ1n) is 9.67. The van der Waals surface area contributed by atoms with Crippen molar-refractivity contribution in [1.29, 1.82) is 0 Å². The van der Waals surface area contributed by atoms with Crippen molar-refractivity contribution in [3.63, 3.8) is 0 Å². The highest BCUT2D eigenvalue weighted by Gasteiger charge is 2.42. The summed E-state index contributed by atoms with van der Waals surface area (Å²) in [7, 11) is 0. The van der Waals surface area contributed by atoms with Gasteiger partial charge in [0.15, 0.2) is 0 Å². The molecule has 4 heteroatoms. The van der Waals surface area contributed by atoms with Gasteiger partial charge in [-0.15, -0.1) is 0 Å². The molecule has 25 heavy (non-hydrogen) atoms. The van der Waals surface area contributed by atoms with E-state index < -0.39 is 0 Å². The summed E-state index contributed by atoms with van der Waals surface area (Å²) in [5.74, 6) is 0.793. The molecule has 0 N–H and O–H groups in total. The minimum Gasteiger partial charge on any atom is -0.342 e. The summed E-state index contributed by atoms with van der Waals surface area (Å²) in [5, 5.41) is 0. The number of carbonyl (C=O) groups excluding carboxylic acids is 2. The number of carbonyl (C=O) groups is 2. The number of nitrogens with zero attached hydrogens (tertiary/aromatic N) is 2. The minimum absolute atomic E-state index is 0.100. The molecule has 2 aliphatic rings. The Bertz CT molecular complexity index is 593. The zero-order valence-corrected chi connectivity index (χ0v) is 15.5. The fourth-order valence-electron chi connectivity index (χ4n) is 4.12. The quantitative estimate of drug-likeness (QED) is 0.842. The van der Waals surface area contributed by atoms with Crippen LogP contribution in [0.1, 0.15) is 51.0 Å². The molecule has 2 fully saturated rings. The maximum Gasteiger partial charge on any atom is 0.228 e. The van der Waals surface area contributed by atoms with Crippen molar-refractivity contribution in [2.75, 3.05) is 26.2 Å². The van der Waals surface area contributed by atoms with Gasteiger partial charge in [-0.3, -0.25) is 9.59 Å². The van der Waals surface area contributed by atoms with Gasteiger partial charge < -0.3 is 9.80 Å². The lowest BCUT2D eigenvalue weighted by Gasteiger charge is -2.30. The van der Waals surface area contributed by atoms with Crippen molar-refractivity contribution in [2.24, 2.45) is 11.8 Å². The van der Waals surface area contributed by atoms with Crippen LogP contribution in [0.3, 0.4) is 0 Å². The molecule has 1 aromatic carbocycles. The third kappa shape index (κ3) is 4.23. The summed E-state index contributed by atoms with van der Waals surface area (Å²) >= 11 is 0. The maximum absolute atomic E-state index is 13.2. The molecule has 0 aromatic heterocycles. The van der Waals surface area contributed by atoms with Gasteiger partial charge in [-0.1, -0.05) is 44.2 Å². The van der Waals surface area contributed by atoms with E-state index in [1.54, 1.807) is 0 Å². The molecule has 2 heterocycles. The van der Waals surface area contributed by atoms with Crippen molar-refractivity contribution >= 4 is 11.8 Å². The van der Waals surface area contributed by atoms with Gasteiger partial charge in [-0.25, -0.2) is 0 Å². The Morgan fingerprint density at radius 2 is 1.68 bits per heavy atom. The van der Waals surface area contributed by atoms with E-state index in [9.17, 15) is 9.59 Å². The third-order valence-corrected chi connectivity index (χ3v) is 5.47. The van der Waals surface area contributed by atoms with E-state index in [0.29, 0.717) is 25.4 Å². The van der Waals surface area contributed by atoms with E-state index >= 15 is 0 Å². The van der Waals surface area contributed by atoms with Gasteiger partial charge in [-0.2, -0.15) is 0 Å². The van der Waals surface area contributed by atoms with Gasteiger partial charge in [0.25, 0.3) is 0 Å². The first-order chi connectivity index (χ1) is 12.1. The largest absolute Gasteiger partial charge is 0.342 e. The number of benzene rings is 1. The molecule has 0 aliphatic carbocycles. The van der Waals surface area contributed by atoms with E-state index in [2.05, 4.69) is 26.0 Å². The Morgan fingerprint density at radius 1 is 1.00 bits per heavy atom. The topological polar surface area (TPSA) is 40.6 Å². The lowest BCUT2D eigenvalue weighted by atomic mass is 9.87. The molecule has 3 rings (SSSR count). The average Bonchev–Trinajstić information content (AvgIpc) is 3.07. The lowest BCUT2D eigenvalue weighted by Crippen LogP contribution is -2.42. The van der Waals surface area contributed by atoms with Crippen LogP contribution in [0, 0.1) is 11.8 Å². The molecule has 2 amide bonds. The van der Waals surface area contributed by atoms with Crippen molar-refractivity contribution in [3.8, 4) is 0 Å². The van der Waals surface area contributed by atoms with Gasteiger partial charge in [-0.05, 0) is 30.7 Å². The van der Waals surface area contributed by atoms with E-state index in [0.717, 1.165) is 25.9 Å². The van der Waals surface area contributed by atoms with Crippen LogP contribution in [0.2, 0.25) is 0 Å². The second-order valence-electron chi connectivity index (χ2n) is 7.91. The van der Waals surface area contributed by atoms with Gasteiger partial charge >= 0.3 is 0 Å². The van der Waals surface area contributed by atoms with Crippen LogP contribution in [0.15, 0.2) is 30.3 Å². The van der Waals surface area contributed by atoms with Crippen LogP contribution in [0.5, 0.6) is 0 Å². The van der Waals surface area contributed by atoms with E-state index in [1.165, 1.54) is 12.0 Å². The Hall–Kier alpha value is -1.84. The summed E-state index contributed by atoms with van der Waals surface area (Å²) < 4.78 is 0. The molecule has 0 saturated carbocycles. The van der Waals surface area contributed by atoms with E-state index in [-0.39, 0.29) is 23.7 Å². The average molecular weight is 342 g/mol. The molecular weight excluding hydrogens is 312 g/mol. The van der Waals surface area contributed by atoms with Crippen LogP contribution >= 0.6 is 0 Å². The van der Waals surface area contributed by atoms with Crippen LogP contribution < -0.4 is 0 Å². The highest BCUT2D eigenvalue weighted by Crippen LogP contribution is 2.35. The fraction of sp³-hybridized carbons (Fsp3) is 0.619. The maximum atomic E-state index is 13.2. The van der Waals surface area contributed by atoms with E-state index in [4.69, 9.17) is 0 Å². The Kier molecular flexibility index (Phi) is 5.77. The summed E-state index contributed by atoms with van der Waals surface area (Å²) in [5.41, 5.74) is 1.18. The molecule has 2 saturated heterocycles. The number of hydrogen-bond donors (Lipinski definition) is 0. The normalized spacial score (nSPS) is 24.0. The van der Waals surface area contributed by atoms with Gasteiger partial charge in [0, 0.05) is 38.5 Å². The van der Waals surface area contributed by atoms with Crippen LogP contribution in [0.25, 0.3) is 0 Å². The predicted molar refractivity (Wildman–Crippen MR) is 99.1 cm³/mol. The number of piperidine rings is 1. The Balaban J connectivity index is 1.79. The summed E-state index contributed by atoms with van der Waals surface area (Å²) in [4.78, 5) is 29.7. The molecule has 4 nitrogen and oxygen atoms in total. The highest BCUT2D eigenvalue weighted by atomic mass is 16.2. The fourth-order valence-corrected chi connectivity index (χ4v) is 4.12. The Labute approximate surface area is 151 Å². The summed E-state index contributed by atoms with van der Waals surface area (Å²) in [6, 6.07) is 10.2. The summed E-state index contributed by atoms with van der Waals surface area (Å²) in [6.45, 7) is 7.12. The highest BCUT2D eigenvalue weighted by molar-refractivity contribution is 5.83. The van der Waals surface area contributed by atoms with Crippen LogP contribution in [-0.2, 0) is 9.59 Å². The second kappa shape index (κ2) is 8.03. The Morgan fingerprint density at radius 3 is 2.32 bits per heavy atom. The number of hydrogen-bond acceptors (Lipinski definition) is 2. The molecule has 1 aromatic rings. The van der Waals surface area contributed by atoms with Crippen molar-refractivity contribution in [2.45, 2.75) is 45.4 Å². The standard InChI is InChI=1S/C21H30N2O2/c1-16(2)13-20(24)23-14-18(17-9-5-3-6-10-17)19(15-23)21(25)22-11-7-4-8-12-22/h3,5-6,9-10,16,18-19H,4,7-8,11-15H2,1-2H3. The number of rotatable bonds is 4. The van der Waals surface area contributed by atoms with Crippen molar-refractivity contribution in [3.05, 3.63) is 35.9 Å². The van der Waals surface area contributed by atoms with Crippen LogP contribution in [-0.4, -0.2) is 47.8 Å². The molecule has 0 bridgehead atoms. The van der Waals surface area contributed by atoms with Gasteiger partial charge in [0.1, 0.15) is 0 Å². The van der Waals surface area contributed by atoms with E-state index in [1.807, 2.05) is 28.0 Å². The molecule has 0 spiro atoms. The predicted octanol–water partition coefficient (Wildman–Crippen LogP) is 3.29.